The Kier molecular flexibility index (Phi) is 27.5. The van der Waals surface area contributed by atoms with Crippen LogP contribution in [0.3, 0.4) is 0 Å². The van der Waals surface area contributed by atoms with Crippen molar-refractivity contribution in [2.24, 2.45) is 0 Å². The van der Waals surface area contributed by atoms with Gasteiger partial charge in [0.2, 0.25) is 0 Å². The fourth-order valence-electron chi connectivity index (χ4n) is 9.42. The minimum absolute atomic E-state index is 0.0551. The second kappa shape index (κ2) is 35.7. The van der Waals surface area contributed by atoms with Crippen molar-refractivity contribution in [3.05, 3.63) is 215 Å². The van der Waals surface area contributed by atoms with Crippen molar-refractivity contribution in [3.8, 4) is 11.1 Å². The quantitative estimate of drug-likeness (QED) is 0.0205. The lowest BCUT2D eigenvalue weighted by molar-refractivity contribution is -0.146. The van der Waals surface area contributed by atoms with Crippen molar-refractivity contribution in [1.29, 1.82) is 0 Å². The van der Waals surface area contributed by atoms with E-state index < -0.39 is 47.8 Å². The smallest absolute Gasteiger partial charge is 0.336 e. The monoisotopic (exact) mass is 1250 g/mol. The second-order valence-corrected chi connectivity index (χ2v) is 21.3. The van der Waals surface area contributed by atoms with Crippen LogP contribution in [0.1, 0.15) is 86.8 Å². The third-order valence-electron chi connectivity index (χ3n) is 14.5. The summed E-state index contributed by atoms with van der Waals surface area (Å²) in [6, 6.07) is 44.1. The highest BCUT2D eigenvalue weighted by molar-refractivity contribution is 5.90. The molecule has 0 atom stereocenters. The Morgan fingerprint density at radius 2 is 0.554 bits per heavy atom. The summed E-state index contributed by atoms with van der Waals surface area (Å²) in [6.07, 6.45) is 1.90. The molecule has 92 heavy (non-hydrogen) atoms. The number of ether oxygens (including phenoxy) is 8. The zero-order valence-corrected chi connectivity index (χ0v) is 53.3. The van der Waals surface area contributed by atoms with Crippen LogP contribution in [0, 0.1) is 13.8 Å². The zero-order valence-electron chi connectivity index (χ0n) is 53.3. The Morgan fingerprint density at radius 1 is 0.315 bits per heavy atom. The Bertz CT molecular complexity index is 3390. The molecule has 0 N–H and O–H groups in total. The van der Waals surface area contributed by atoms with E-state index in [1.807, 2.05) is 111 Å². The van der Waals surface area contributed by atoms with Gasteiger partial charge in [-0.2, -0.15) is 0 Å². The lowest BCUT2D eigenvalue weighted by Crippen LogP contribution is -2.15. The number of anilines is 6. The predicted molar refractivity (Wildman–Crippen MR) is 351 cm³/mol. The van der Waals surface area contributed by atoms with Gasteiger partial charge in [0.15, 0.2) is 0 Å². The van der Waals surface area contributed by atoms with E-state index in [4.69, 9.17) is 37.9 Å². The van der Waals surface area contributed by atoms with E-state index >= 15 is 0 Å². The summed E-state index contributed by atoms with van der Waals surface area (Å²) < 4.78 is 41.0. The van der Waals surface area contributed by atoms with Crippen molar-refractivity contribution in [1.82, 2.24) is 0 Å². The summed E-state index contributed by atoms with van der Waals surface area (Å²) in [7, 11) is 0. The van der Waals surface area contributed by atoms with Crippen LogP contribution in [0.2, 0.25) is 0 Å². The second-order valence-electron chi connectivity index (χ2n) is 21.3. The zero-order chi connectivity index (χ0) is 66.7. The fourth-order valence-corrected chi connectivity index (χ4v) is 9.42. The van der Waals surface area contributed by atoms with Crippen molar-refractivity contribution in [2.45, 2.75) is 92.9 Å². The molecule has 0 spiro atoms. The highest BCUT2D eigenvalue weighted by atomic mass is 16.6. The molecule has 0 aromatic heterocycles. The van der Waals surface area contributed by atoms with Gasteiger partial charge in [0.05, 0.1) is 48.7 Å². The number of carbonyl (C=O) groups excluding carboxylic acids is 8. The average Bonchev–Trinajstić information content (AvgIpc) is 0.841. The summed E-state index contributed by atoms with van der Waals surface area (Å²) in [5.41, 5.74) is 12.7. The topological polar surface area (TPSA) is 217 Å². The summed E-state index contributed by atoms with van der Waals surface area (Å²) in [5.74, 6) is -4.36. The third-order valence-corrected chi connectivity index (χ3v) is 14.5. The van der Waals surface area contributed by atoms with Gasteiger partial charge in [-0.05, 0) is 185 Å². The van der Waals surface area contributed by atoms with Crippen molar-refractivity contribution in [3.63, 3.8) is 0 Å². The van der Waals surface area contributed by atoms with E-state index in [9.17, 15) is 38.4 Å². The van der Waals surface area contributed by atoms with Crippen molar-refractivity contribution in [2.75, 3.05) is 62.7 Å². The lowest BCUT2D eigenvalue weighted by Gasteiger charge is -2.27. The molecule has 18 nitrogen and oxygen atoms in total. The molecular weight excluding hydrogens is 1170 g/mol. The lowest BCUT2D eigenvalue weighted by atomic mass is 10.0. The number of carbonyl (C=O) groups is 8. The Hall–Kier alpha value is -10.4. The minimum atomic E-state index is -0.614. The van der Waals surface area contributed by atoms with Crippen molar-refractivity contribution < 1.29 is 76.3 Å². The standard InChI is InChI=1S/C74H80N2O16/c1-11-85-71(81)51(7)45-89-67(77)39-19-55-15-29-61(30-16-55)75(65-37-21-57(49(5)43-65)27-41-69(79)91-47-53(9)73(83)87-13-3)63-33-23-59(24-34-63)60-25-35-64(36-26-60)76(62-31-17-56(18-32-62)20-40-68(78)90-46-52(8)72(82)86-12-2)66-38-22-58(50(6)44-66)28-42-70(80)92-48-54(10)74(84)88-14-4/h15-18,21-26,29-38,43-44H,7-14,19-20,27-28,39-42,45-48H2,1-6H3. The van der Waals surface area contributed by atoms with Crippen LogP contribution in [0.15, 0.2) is 182 Å². The van der Waals surface area contributed by atoms with Crippen LogP contribution in [0.5, 0.6) is 0 Å². The molecule has 0 amide bonds. The molecule has 0 radical (unpaired) electrons. The van der Waals surface area contributed by atoms with Crippen LogP contribution in [-0.4, -0.2) is 101 Å². The Morgan fingerprint density at radius 3 is 0.804 bits per heavy atom. The first kappa shape index (κ1) is 70.7. The Balaban J connectivity index is 1.25. The molecule has 6 aromatic rings. The fraction of sp³-hybridized carbons (Fsp3) is 0.297. The van der Waals surface area contributed by atoms with E-state index in [1.54, 1.807) is 27.7 Å². The van der Waals surface area contributed by atoms with Gasteiger partial charge < -0.3 is 47.7 Å². The molecule has 0 fully saturated rings. The first-order valence-corrected chi connectivity index (χ1v) is 30.4. The normalized spacial score (nSPS) is 10.6. The highest BCUT2D eigenvalue weighted by Gasteiger charge is 2.21. The Labute approximate surface area is 538 Å². The van der Waals surface area contributed by atoms with Crippen LogP contribution < -0.4 is 9.80 Å². The average molecular weight is 1250 g/mol. The van der Waals surface area contributed by atoms with Gasteiger partial charge in [0.25, 0.3) is 0 Å². The third kappa shape index (κ3) is 21.4. The van der Waals surface area contributed by atoms with Gasteiger partial charge in [-0.25, -0.2) is 19.2 Å². The molecule has 0 aliphatic carbocycles. The highest BCUT2D eigenvalue weighted by Crippen LogP contribution is 2.40. The molecule has 0 heterocycles. The summed E-state index contributed by atoms with van der Waals surface area (Å²) in [6.45, 7) is 25.0. The molecule has 0 saturated heterocycles. The molecule has 18 heteroatoms. The SMILES string of the molecule is C=C(COC(=O)CCc1ccc(N(c2ccc(-c3ccc(N(c4ccc(CCC(=O)OCC(=C)C(=O)OCC)cc4)c4ccc(CCC(=O)OCC(=C)C(=O)OCC)c(C)c4)cc3)cc2)c2ccc(CCC(=O)OCC(=C)C(=O)OCC)c(C)c2)cc1)C(=O)OCC. The summed E-state index contributed by atoms with van der Waals surface area (Å²) >= 11 is 0. The molecule has 6 aromatic carbocycles. The number of hydrogen-bond donors (Lipinski definition) is 0. The predicted octanol–water partition coefficient (Wildman–Crippen LogP) is 13.3. The van der Waals surface area contributed by atoms with E-state index in [0.717, 1.165) is 78.6 Å². The molecule has 0 unspecified atom stereocenters. The minimum Gasteiger partial charge on any atom is -0.463 e. The van der Waals surface area contributed by atoms with E-state index in [1.165, 1.54) is 0 Å². The van der Waals surface area contributed by atoms with Crippen LogP contribution >= 0.6 is 0 Å². The number of nitrogens with zero attached hydrogens (tertiary/aromatic N) is 2. The van der Waals surface area contributed by atoms with E-state index in [2.05, 4.69) is 72.5 Å². The van der Waals surface area contributed by atoms with Gasteiger partial charge in [0.1, 0.15) is 26.4 Å². The number of benzene rings is 6. The van der Waals surface area contributed by atoms with Crippen LogP contribution in [0.25, 0.3) is 11.1 Å². The van der Waals surface area contributed by atoms with Crippen molar-refractivity contribution >= 4 is 81.9 Å². The van der Waals surface area contributed by atoms with Gasteiger partial charge in [-0.15, -0.1) is 0 Å². The number of rotatable bonds is 35. The van der Waals surface area contributed by atoms with Gasteiger partial charge in [-0.3, -0.25) is 19.2 Å². The molecular formula is C74H80N2O16. The number of aryl methyl sites for hydroxylation is 6. The number of esters is 8. The van der Waals surface area contributed by atoms with Crippen LogP contribution in [0.4, 0.5) is 34.1 Å². The molecule has 6 rings (SSSR count). The summed E-state index contributed by atoms with van der Waals surface area (Å²) in [5, 5.41) is 0. The first-order valence-electron chi connectivity index (χ1n) is 30.4. The van der Waals surface area contributed by atoms with Crippen LogP contribution in [-0.2, 0) is 102 Å². The largest absolute Gasteiger partial charge is 0.463 e. The summed E-state index contributed by atoms with van der Waals surface area (Å²) in [4.78, 5) is 103. The molecule has 0 aliphatic rings. The van der Waals surface area contributed by atoms with E-state index in [-0.39, 0.29) is 101 Å². The maximum Gasteiger partial charge on any atom is 0.336 e. The molecule has 482 valence electrons. The van der Waals surface area contributed by atoms with Gasteiger partial charge in [-0.1, -0.05) is 87.0 Å². The molecule has 0 aliphatic heterocycles. The molecule has 0 saturated carbocycles. The first-order chi connectivity index (χ1) is 44.2. The molecule has 0 bridgehead atoms. The van der Waals surface area contributed by atoms with Gasteiger partial charge in [0, 0.05) is 59.8 Å². The maximum atomic E-state index is 12.8. The van der Waals surface area contributed by atoms with E-state index in [0.29, 0.717) is 25.7 Å². The van der Waals surface area contributed by atoms with Gasteiger partial charge >= 0.3 is 47.8 Å². The maximum absolute atomic E-state index is 12.8. The number of hydrogen-bond acceptors (Lipinski definition) is 18.